The van der Waals surface area contributed by atoms with Gasteiger partial charge >= 0.3 is 0 Å². The van der Waals surface area contributed by atoms with Crippen molar-refractivity contribution in [2.75, 3.05) is 0 Å². The summed E-state index contributed by atoms with van der Waals surface area (Å²) >= 11 is 0. The molecule has 16 heavy (non-hydrogen) atoms. The number of rotatable bonds is 5. The van der Waals surface area contributed by atoms with Gasteiger partial charge in [-0.3, -0.25) is 11.3 Å². The lowest BCUT2D eigenvalue weighted by Crippen LogP contribution is -2.43. The average Bonchev–Trinajstić information content (AvgIpc) is 2.27. The zero-order chi connectivity index (χ0) is 12.1. The van der Waals surface area contributed by atoms with E-state index in [0.717, 1.165) is 5.56 Å². The molecular formula is C13H21FN2. The molecule has 0 aliphatic heterocycles. The third-order valence-corrected chi connectivity index (χ3v) is 3.30. The molecule has 1 aromatic rings. The molecule has 1 aromatic carbocycles. The molecule has 0 bridgehead atoms. The van der Waals surface area contributed by atoms with Crippen molar-refractivity contribution in [3.05, 3.63) is 35.6 Å². The van der Waals surface area contributed by atoms with Crippen molar-refractivity contribution < 1.29 is 4.39 Å². The minimum Gasteiger partial charge on any atom is -0.271 e. The Hall–Kier alpha value is -0.930. The first kappa shape index (κ1) is 13.1. The Labute approximate surface area is 97.0 Å². The maximum absolute atomic E-state index is 13.5. The average molecular weight is 224 g/mol. The normalized spacial score (nSPS) is 15.1. The van der Waals surface area contributed by atoms with E-state index in [2.05, 4.69) is 26.2 Å². The maximum atomic E-state index is 13.5. The highest BCUT2D eigenvalue weighted by Gasteiger charge is 2.20. The zero-order valence-corrected chi connectivity index (χ0v) is 10.2. The molecule has 2 unspecified atom stereocenters. The van der Waals surface area contributed by atoms with Crippen LogP contribution in [0.2, 0.25) is 0 Å². The predicted molar refractivity (Wildman–Crippen MR) is 65.2 cm³/mol. The van der Waals surface area contributed by atoms with E-state index in [4.69, 9.17) is 5.84 Å². The molecule has 0 saturated carbocycles. The van der Waals surface area contributed by atoms with Gasteiger partial charge in [-0.05, 0) is 29.9 Å². The molecule has 2 atom stereocenters. The van der Waals surface area contributed by atoms with Gasteiger partial charge in [0.15, 0.2) is 0 Å². The predicted octanol–water partition coefficient (Wildman–Crippen LogP) is 2.49. The number of halogens is 1. The lowest BCUT2D eigenvalue weighted by atomic mass is 9.87. The van der Waals surface area contributed by atoms with Crippen LogP contribution in [0, 0.1) is 17.7 Å². The molecular weight excluding hydrogens is 203 g/mol. The number of hydrogen-bond donors (Lipinski definition) is 2. The van der Waals surface area contributed by atoms with Gasteiger partial charge in [-0.2, -0.15) is 0 Å². The molecule has 0 saturated heterocycles. The SMILES string of the molecule is CC(C)C(C)C(Cc1ccccc1F)NN. The van der Waals surface area contributed by atoms with E-state index in [1.54, 1.807) is 6.07 Å². The molecule has 3 heteroatoms. The van der Waals surface area contributed by atoms with Crippen molar-refractivity contribution in [1.29, 1.82) is 0 Å². The first-order valence-corrected chi connectivity index (χ1v) is 5.75. The molecule has 0 fully saturated rings. The van der Waals surface area contributed by atoms with E-state index < -0.39 is 0 Å². The van der Waals surface area contributed by atoms with Crippen LogP contribution in [0.5, 0.6) is 0 Å². The number of hydrogen-bond acceptors (Lipinski definition) is 2. The van der Waals surface area contributed by atoms with Crippen LogP contribution in [-0.4, -0.2) is 6.04 Å². The Morgan fingerprint density at radius 1 is 1.25 bits per heavy atom. The summed E-state index contributed by atoms with van der Waals surface area (Å²) in [4.78, 5) is 0. The summed E-state index contributed by atoms with van der Waals surface area (Å²) in [6, 6.07) is 6.97. The van der Waals surface area contributed by atoms with Gasteiger partial charge in [-0.15, -0.1) is 0 Å². The molecule has 0 radical (unpaired) electrons. The van der Waals surface area contributed by atoms with E-state index >= 15 is 0 Å². The van der Waals surface area contributed by atoms with Crippen molar-refractivity contribution in [1.82, 2.24) is 5.43 Å². The molecule has 0 aromatic heterocycles. The second kappa shape index (κ2) is 5.97. The van der Waals surface area contributed by atoms with Gasteiger partial charge in [0.25, 0.3) is 0 Å². The Balaban J connectivity index is 2.74. The molecule has 0 heterocycles. The third-order valence-electron chi connectivity index (χ3n) is 3.30. The largest absolute Gasteiger partial charge is 0.271 e. The second-order valence-electron chi connectivity index (χ2n) is 4.67. The Morgan fingerprint density at radius 3 is 2.38 bits per heavy atom. The van der Waals surface area contributed by atoms with Gasteiger partial charge in [0.05, 0.1) is 0 Å². The first-order chi connectivity index (χ1) is 7.56. The monoisotopic (exact) mass is 224 g/mol. The van der Waals surface area contributed by atoms with Gasteiger partial charge in [-0.25, -0.2) is 4.39 Å². The highest BCUT2D eigenvalue weighted by atomic mass is 19.1. The lowest BCUT2D eigenvalue weighted by molar-refractivity contribution is 0.297. The Kier molecular flexibility index (Phi) is 4.90. The third kappa shape index (κ3) is 3.29. The summed E-state index contributed by atoms with van der Waals surface area (Å²) in [7, 11) is 0. The van der Waals surface area contributed by atoms with Crippen LogP contribution in [0.3, 0.4) is 0 Å². The van der Waals surface area contributed by atoms with Crippen molar-refractivity contribution in [3.63, 3.8) is 0 Å². The number of nitrogens with two attached hydrogens (primary N) is 1. The van der Waals surface area contributed by atoms with Crippen molar-refractivity contribution >= 4 is 0 Å². The fourth-order valence-corrected chi connectivity index (χ4v) is 1.76. The van der Waals surface area contributed by atoms with Crippen LogP contribution in [-0.2, 0) is 6.42 Å². The molecule has 2 nitrogen and oxygen atoms in total. The molecule has 0 aliphatic rings. The number of benzene rings is 1. The van der Waals surface area contributed by atoms with Gasteiger partial charge in [0, 0.05) is 6.04 Å². The summed E-state index contributed by atoms with van der Waals surface area (Å²) in [5.41, 5.74) is 3.51. The fourth-order valence-electron chi connectivity index (χ4n) is 1.76. The van der Waals surface area contributed by atoms with Crippen LogP contribution in [0.15, 0.2) is 24.3 Å². The summed E-state index contributed by atoms with van der Waals surface area (Å²) in [5, 5.41) is 0. The van der Waals surface area contributed by atoms with E-state index in [1.165, 1.54) is 6.07 Å². The quantitative estimate of drug-likeness (QED) is 0.595. The molecule has 90 valence electrons. The molecule has 1 rings (SSSR count). The van der Waals surface area contributed by atoms with Crippen LogP contribution in [0.25, 0.3) is 0 Å². The minimum absolute atomic E-state index is 0.108. The standard InChI is InChI=1S/C13H21FN2/c1-9(2)10(3)13(16-15)8-11-6-4-5-7-12(11)14/h4-7,9-10,13,16H,8,15H2,1-3H3. The topological polar surface area (TPSA) is 38.0 Å². The van der Waals surface area contributed by atoms with E-state index in [0.29, 0.717) is 18.3 Å². The highest BCUT2D eigenvalue weighted by molar-refractivity contribution is 5.18. The van der Waals surface area contributed by atoms with Gasteiger partial charge in [-0.1, -0.05) is 39.0 Å². The van der Waals surface area contributed by atoms with Crippen LogP contribution >= 0.6 is 0 Å². The van der Waals surface area contributed by atoms with Crippen LogP contribution in [0.4, 0.5) is 4.39 Å². The second-order valence-corrected chi connectivity index (χ2v) is 4.67. The van der Waals surface area contributed by atoms with E-state index in [1.807, 2.05) is 12.1 Å². The molecule has 0 spiro atoms. The molecule has 0 amide bonds. The van der Waals surface area contributed by atoms with Gasteiger partial charge in [0.2, 0.25) is 0 Å². The highest BCUT2D eigenvalue weighted by Crippen LogP contribution is 2.19. The number of hydrazine groups is 1. The van der Waals surface area contributed by atoms with Crippen LogP contribution in [0.1, 0.15) is 26.3 Å². The van der Waals surface area contributed by atoms with Crippen molar-refractivity contribution in [3.8, 4) is 0 Å². The smallest absolute Gasteiger partial charge is 0.126 e. The first-order valence-electron chi connectivity index (χ1n) is 5.75. The summed E-state index contributed by atoms with van der Waals surface area (Å²) < 4.78 is 13.5. The van der Waals surface area contributed by atoms with Gasteiger partial charge in [0.1, 0.15) is 5.82 Å². The summed E-state index contributed by atoms with van der Waals surface area (Å²) in [6.45, 7) is 6.43. The molecule has 3 N–H and O–H groups in total. The maximum Gasteiger partial charge on any atom is 0.126 e. The summed E-state index contributed by atoms with van der Waals surface area (Å²) in [5.74, 6) is 6.31. The van der Waals surface area contributed by atoms with E-state index in [9.17, 15) is 4.39 Å². The number of nitrogens with one attached hydrogen (secondary N) is 1. The molecule has 0 aliphatic carbocycles. The van der Waals surface area contributed by atoms with Crippen molar-refractivity contribution in [2.45, 2.75) is 33.2 Å². The van der Waals surface area contributed by atoms with E-state index in [-0.39, 0.29) is 11.9 Å². The fraction of sp³-hybridized carbons (Fsp3) is 0.538. The Bertz CT molecular complexity index is 325. The summed E-state index contributed by atoms with van der Waals surface area (Å²) in [6.07, 6.45) is 0.628. The van der Waals surface area contributed by atoms with Crippen molar-refractivity contribution in [2.24, 2.45) is 17.7 Å². The zero-order valence-electron chi connectivity index (χ0n) is 10.2. The minimum atomic E-state index is -0.154. The van der Waals surface area contributed by atoms with Gasteiger partial charge < -0.3 is 0 Å². The lowest BCUT2D eigenvalue weighted by Gasteiger charge is -2.26. The Morgan fingerprint density at radius 2 is 1.88 bits per heavy atom. The van der Waals surface area contributed by atoms with Crippen LogP contribution < -0.4 is 11.3 Å².